The highest BCUT2D eigenvalue weighted by molar-refractivity contribution is 5.80. The standard InChI is InChI=1S/C28H31N3O3/c1-31(17-18-6-4-3-5-7-18)26(32)24-20-9-8-19(16-20)23(24)25-29-27(30-34-25)28(14-15-28)21-10-12-22(33-2)13-11-21/h3-7,10-13,19-20,23-24H,8-9,14-17H2,1-2H3/t19-,20+,23+,24+/m1/s1. The second-order valence-corrected chi connectivity index (χ2v) is 10.3. The number of benzene rings is 2. The Bertz CT molecular complexity index is 1170. The van der Waals surface area contributed by atoms with Crippen molar-refractivity contribution in [3.8, 4) is 5.75 Å². The van der Waals surface area contributed by atoms with Gasteiger partial charge in [-0.25, -0.2) is 0 Å². The number of amides is 1. The van der Waals surface area contributed by atoms with Crippen LogP contribution in [-0.2, 0) is 16.8 Å². The van der Waals surface area contributed by atoms with Crippen LogP contribution in [-0.4, -0.2) is 35.1 Å². The lowest BCUT2D eigenvalue weighted by molar-refractivity contribution is -0.137. The molecule has 1 amide bonds. The first-order valence-electron chi connectivity index (χ1n) is 12.4. The lowest BCUT2D eigenvalue weighted by Gasteiger charge is -2.31. The molecule has 6 nitrogen and oxygen atoms in total. The SMILES string of the molecule is COc1ccc(C2(c3noc([C@H]4[C@@H]5CC[C@@H](C5)[C@@H]4C(=O)N(C)Cc4ccccc4)n3)CC2)cc1. The van der Waals surface area contributed by atoms with E-state index in [0.29, 0.717) is 24.3 Å². The van der Waals surface area contributed by atoms with Gasteiger partial charge in [-0.3, -0.25) is 4.79 Å². The number of nitrogens with zero attached hydrogens (tertiary/aromatic N) is 3. The fraction of sp³-hybridized carbons (Fsp3) is 0.464. The van der Waals surface area contributed by atoms with E-state index in [1.165, 1.54) is 5.56 Å². The van der Waals surface area contributed by atoms with Crippen molar-refractivity contribution in [3.05, 3.63) is 77.4 Å². The highest BCUT2D eigenvalue weighted by Gasteiger charge is 2.55. The van der Waals surface area contributed by atoms with Crippen LogP contribution >= 0.6 is 0 Å². The van der Waals surface area contributed by atoms with Gasteiger partial charge in [-0.05, 0) is 67.2 Å². The summed E-state index contributed by atoms with van der Waals surface area (Å²) in [6.45, 7) is 0.621. The summed E-state index contributed by atoms with van der Waals surface area (Å²) >= 11 is 0. The molecule has 176 valence electrons. The van der Waals surface area contributed by atoms with Crippen LogP contribution in [0.4, 0.5) is 0 Å². The molecule has 1 aromatic heterocycles. The Morgan fingerprint density at radius 3 is 2.53 bits per heavy atom. The van der Waals surface area contributed by atoms with Gasteiger partial charge in [0.15, 0.2) is 5.82 Å². The van der Waals surface area contributed by atoms with Crippen LogP contribution in [0.5, 0.6) is 5.75 Å². The number of methoxy groups -OCH3 is 1. The zero-order valence-corrected chi connectivity index (χ0v) is 19.8. The molecule has 3 fully saturated rings. The van der Waals surface area contributed by atoms with E-state index < -0.39 is 0 Å². The van der Waals surface area contributed by atoms with E-state index in [2.05, 4.69) is 29.4 Å². The third kappa shape index (κ3) is 3.51. The van der Waals surface area contributed by atoms with Crippen molar-refractivity contribution in [2.45, 2.75) is 50.0 Å². The summed E-state index contributed by atoms with van der Waals surface area (Å²) in [6, 6.07) is 18.4. The molecule has 4 atom stereocenters. The van der Waals surface area contributed by atoms with Gasteiger partial charge >= 0.3 is 0 Å². The summed E-state index contributed by atoms with van der Waals surface area (Å²) in [5, 5.41) is 4.46. The number of hydrogen-bond acceptors (Lipinski definition) is 5. The van der Waals surface area contributed by atoms with Crippen LogP contribution in [0.3, 0.4) is 0 Å². The average molecular weight is 458 g/mol. The Morgan fingerprint density at radius 2 is 1.82 bits per heavy atom. The molecule has 0 radical (unpaired) electrons. The minimum atomic E-state index is -0.171. The maximum atomic E-state index is 13.6. The molecule has 6 rings (SSSR count). The molecular weight excluding hydrogens is 426 g/mol. The number of ether oxygens (including phenoxy) is 1. The van der Waals surface area contributed by atoms with Crippen LogP contribution in [0.15, 0.2) is 59.1 Å². The Balaban J connectivity index is 1.25. The molecule has 0 saturated heterocycles. The third-order valence-electron chi connectivity index (χ3n) is 8.39. The largest absolute Gasteiger partial charge is 0.497 e. The molecule has 3 aliphatic carbocycles. The minimum Gasteiger partial charge on any atom is -0.497 e. The maximum absolute atomic E-state index is 13.6. The number of hydrogen-bond donors (Lipinski definition) is 0. The molecule has 0 unspecified atom stereocenters. The fourth-order valence-corrected chi connectivity index (χ4v) is 6.43. The Morgan fingerprint density at radius 1 is 1.09 bits per heavy atom. The molecule has 0 N–H and O–H groups in total. The quantitative estimate of drug-likeness (QED) is 0.502. The first-order valence-corrected chi connectivity index (χ1v) is 12.4. The van der Waals surface area contributed by atoms with E-state index in [1.807, 2.05) is 42.3 Å². The van der Waals surface area contributed by atoms with Crippen molar-refractivity contribution in [1.29, 1.82) is 0 Å². The predicted molar refractivity (Wildman–Crippen MR) is 127 cm³/mol. The van der Waals surface area contributed by atoms with Gasteiger partial charge in [0.25, 0.3) is 0 Å². The minimum absolute atomic E-state index is 0.0254. The van der Waals surface area contributed by atoms with E-state index >= 15 is 0 Å². The summed E-state index contributed by atoms with van der Waals surface area (Å²) < 4.78 is 11.2. The average Bonchev–Trinajstić information content (AvgIpc) is 3.20. The van der Waals surface area contributed by atoms with Crippen molar-refractivity contribution in [1.82, 2.24) is 15.0 Å². The monoisotopic (exact) mass is 457 g/mol. The zero-order valence-electron chi connectivity index (χ0n) is 19.8. The maximum Gasteiger partial charge on any atom is 0.230 e. The molecule has 3 aromatic rings. The van der Waals surface area contributed by atoms with Crippen LogP contribution < -0.4 is 4.74 Å². The normalized spacial score (nSPS) is 26.4. The van der Waals surface area contributed by atoms with E-state index in [9.17, 15) is 4.79 Å². The van der Waals surface area contributed by atoms with E-state index in [0.717, 1.165) is 49.2 Å². The van der Waals surface area contributed by atoms with Gasteiger partial charge in [-0.1, -0.05) is 47.6 Å². The van der Waals surface area contributed by atoms with Gasteiger partial charge < -0.3 is 14.2 Å². The van der Waals surface area contributed by atoms with E-state index in [-0.39, 0.29) is 23.2 Å². The Kier molecular flexibility index (Phi) is 5.19. The van der Waals surface area contributed by atoms with Crippen molar-refractivity contribution >= 4 is 5.91 Å². The summed E-state index contributed by atoms with van der Waals surface area (Å²) in [6.07, 6.45) is 5.37. The summed E-state index contributed by atoms with van der Waals surface area (Å²) in [5.41, 5.74) is 2.17. The lowest BCUT2D eigenvalue weighted by atomic mass is 9.78. The number of fused-ring (bicyclic) bond motifs is 2. The fourth-order valence-electron chi connectivity index (χ4n) is 6.43. The molecule has 34 heavy (non-hydrogen) atoms. The zero-order chi connectivity index (χ0) is 23.3. The molecule has 3 saturated carbocycles. The van der Waals surface area contributed by atoms with Gasteiger partial charge in [0.05, 0.1) is 24.4 Å². The molecular formula is C28H31N3O3. The number of aromatic nitrogens is 2. The molecule has 1 heterocycles. The Hall–Kier alpha value is -3.15. The van der Waals surface area contributed by atoms with Crippen molar-refractivity contribution in [2.75, 3.05) is 14.2 Å². The number of carbonyl (C=O) groups excluding carboxylic acids is 1. The van der Waals surface area contributed by atoms with E-state index in [4.69, 9.17) is 14.2 Å². The molecule has 6 heteroatoms. The van der Waals surface area contributed by atoms with Crippen molar-refractivity contribution in [2.24, 2.45) is 17.8 Å². The molecule has 0 spiro atoms. The molecule has 3 aliphatic rings. The third-order valence-corrected chi connectivity index (χ3v) is 8.39. The first kappa shape index (κ1) is 21.4. The van der Waals surface area contributed by atoms with Gasteiger partial charge in [-0.2, -0.15) is 4.98 Å². The highest BCUT2D eigenvalue weighted by Crippen LogP contribution is 2.58. The van der Waals surface area contributed by atoms with Crippen molar-refractivity contribution < 1.29 is 14.1 Å². The number of carbonyl (C=O) groups is 1. The topological polar surface area (TPSA) is 68.5 Å². The second kappa shape index (κ2) is 8.26. The van der Waals surface area contributed by atoms with Crippen LogP contribution in [0.2, 0.25) is 0 Å². The van der Waals surface area contributed by atoms with Gasteiger partial charge in [-0.15, -0.1) is 0 Å². The van der Waals surface area contributed by atoms with E-state index in [1.54, 1.807) is 7.11 Å². The lowest BCUT2D eigenvalue weighted by Crippen LogP contribution is -2.38. The number of rotatable bonds is 7. The molecule has 2 bridgehead atoms. The summed E-state index contributed by atoms with van der Waals surface area (Å²) in [7, 11) is 3.60. The highest BCUT2D eigenvalue weighted by atomic mass is 16.5. The summed E-state index contributed by atoms with van der Waals surface area (Å²) in [4.78, 5) is 20.5. The van der Waals surface area contributed by atoms with Crippen LogP contribution in [0.1, 0.15) is 60.9 Å². The van der Waals surface area contributed by atoms with Gasteiger partial charge in [0.2, 0.25) is 11.8 Å². The molecule has 2 aromatic carbocycles. The van der Waals surface area contributed by atoms with Crippen LogP contribution in [0.25, 0.3) is 0 Å². The van der Waals surface area contributed by atoms with Gasteiger partial charge in [0, 0.05) is 13.6 Å². The van der Waals surface area contributed by atoms with Crippen molar-refractivity contribution in [3.63, 3.8) is 0 Å². The van der Waals surface area contributed by atoms with Gasteiger partial charge in [0.1, 0.15) is 5.75 Å². The smallest absolute Gasteiger partial charge is 0.230 e. The molecule has 0 aliphatic heterocycles. The summed E-state index contributed by atoms with van der Waals surface area (Å²) in [5.74, 6) is 3.29. The Labute approximate surface area is 200 Å². The van der Waals surface area contributed by atoms with Crippen LogP contribution in [0, 0.1) is 17.8 Å². The second-order valence-electron chi connectivity index (χ2n) is 10.3. The predicted octanol–water partition coefficient (Wildman–Crippen LogP) is 4.95. The first-order chi connectivity index (χ1) is 16.6.